The summed E-state index contributed by atoms with van der Waals surface area (Å²) in [5, 5.41) is 1.17. The number of hydrogen-bond donors (Lipinski definition) is 0. The first kappa shape index (κ1) is 14.5. The van der Waals surface area contributed by atoms with Crippen LogP contribution in [0.3, 0.4) is 0 Å². The topological polar surface area (TPSA) is 3.24 Å². The molecule has 0 aromatic rings. The average molecular weight is 290 g/mol. The lowest BCUT2D eigenvalue weighted by molar-refractivity contribution is 0.167. The highest BCUT2D eigenvalue weighted by Crippen LogP contribution is 2.34. The highest BCUT2D eigenvalue weighted by molar-refractivity contribution is 9.09. The molecule has 0 N–H and O–H groups in total. The molecule has 0 amide bonds. The quantitative estimate of drug-likeness (QED) is 0.632. The third kappa shape index (κ3) is 4.03. The van der Waals surface area contributed by atoms with Crippen LogP contribution < -0.4 is 0 Å². The van der Waals surface area contributed by atoms with Crippen LogP contribution in [0.1, 0.15) is 52.9 Å². The maximum Gasteiger partial charge on any atom is 0.0100 e. The molecule has 1 saturated heterocycles. The SMILES string of the molecule is CCCC(CBr)(CCC)CN1CCC(C)C1. The summed E-state index contributed by atoms with van der Waals surface area (Å²) in [4.78, 5) is 2.69. The highest BCUT2D eigenvalue weighted by Gasteiger charge is 2.31. The maximum atomic E-state index is 3.77. The van der Waals surface area contributed by atoms with Gasteiger partial charge in [0.15, 0.2) is 0 Å². The van der Waals surface area contributed by atoms with E-state index in [-0.39, 0.29) is 0 Å². The second kappa shape index (κ2) is 7.00. The van der Waals surface area contributed by atoms with Crippen LogP contribution in [0.5, 0.6) is 0 Å². The molecular formula is C14H28BrN. The molecule has 96 valence electrons. The van der Waals surface area contributed by atoms with Gasteiger partial charge < -0.3 is 4.90 Å². The van der Waals surface area contributed by atoms with Gasteiger partial charge in [-0.15, -0.1) is 0 Å². The van der Waals surface area contributed by atoms with Crippen LogP contribution in [0.4, 0.5) is 0 Å². The number of alkyl halides is 1. The summed E-state index contributed by atoms with van der Waals surface area (Å²) < 4.78 is 0. The van der Waals surface area contributed by atoms with E-state index in [4.69, 9.17) is 0 Å². The standard InChI is InChI=1S/C14H28BrN/c1-4-7-14(11-15,8-5-2)12-16-9-6-13(3)10-16/h13H,4-12H2,1-3H3. The zero-order chi connectivity index (χ0) is 12.0. The van der Waals surface area contributed by atoms with E-state index in [0.29, 0.717) is 5.41 Å². The van der Waals surface area contributed by atoms with Crippen molar-refractivity contribution in [3.05, 3.63) is 0 Å². The summed E-state index contributed by atoms with van der Waals surface area (Å²) in [5.74, 6) is 0.913. The predicted octanol–water partition coefficient (Wildman–Crippen LogP) is 4.31. The molecule has 1 aliphatic rings. The van der Waals surface area contributed by atoms with Crippen LogP contribution in [0.2, 0.25) is 0 Å². The first-order valence-corrected chi connectivity index (χ1v) is 8.06. The number of nitrogens with zero attached hydrogens (tertiary/aromatic N) is 1. The molecule has 0 bridgehead atoms. The lowest BCUT2D eigenvalue weighted by Gasteiger charge is -2.35. The second-order valence-corrected chi connectivity index (χ2v) is 6.32. The average Bonchev–Trinajstić information content (AvgIpc) is 2.64. The van der Waals surface area contributed by atoms with Crippen molar-refractivity contribution in [3.8, 4) is 0 Å². The molecule has 0 aliphatic carbocycles. The monoisotopic (exact) mass is 289 g/mol. The summed E-state index contributed by atoms with van der Waals surface area (Å²) >= 11 is 3.77. The Balaban J connectivity index is 2.54. The smallest absolute Gasteiger partial charge is 0.0100 e. The third-order valence-electron chi connectivity index (χ3n) is 3.91. The molecule has 1 unspecified atom stereocenters. The zero-order valence-corrected chi connectivity index (χ0v) is 12.9. The van der Waals surface area contributed by atoms with E-state index >= 15 is 0 Å². The lowest BCUT2D eigenvalue weighted by Crippen LogP contribution is -2.38. The minimum atomic E-state index is 0.535. The van der Waals surface area contributed by atoms with Gasteiger partial charge in [-0.1, -0.05) is 49.5 Å². The van der Waals surface area contributed by atoms with Gasteiger partial charge in [0, 0.05) is 18.4 Å². The molecule has 16 heavy (non-hydrogen) atoms. The molecule has 1 fully saturated rings. The normalized spacial score (nSPS) is 22.9. The molecule has 0 saturated carbocycles. The van der Waals surface area contributed by atoms with Gasteiger partial charge in [0.2, 0.25) is 0 Å². The van der Waals surface area contributed by atoms with Crippen LogP contribution >= 0.6 is 15.9 Å². The predicted molar refractivity (Wildman–Crippen MR) is 76.3 cm³/mol. The fourth-order valence-electron chi connectivity index (χ4n) is 3.16. The van der Waals surface area contributed by atoms with Gasteiger partial charge in [0.1, 0.15) is 0 Å². The molecule has 0 aromatic heterocycles. The number of likely N-dealkylation sites (tertiary alicyclic amines) is 1. The molecule has 1 aliphatic heterocycles. The highest BCUT2D eigenvalue weighted by atomic mass is 79.9. The Labute approximate surface area is 110 Å². The van der Waals surface area contributed by atoms with Crippen LogP contribution in [-0.4, -0.2) is 29.9 Å². The first-order chi connectivity index (χ1) is 7.65. The van der Waals surface area contributed by atoms with Gasteiger partial charge in [-0.25, -0.2) is 0 Å². The minimum absolute atomic E-state index is 0.535. The van der Waals surface area contributed by atoms with Gasteiger partial charge >= 0.3 is 0 Å². The molecule has 0 radical (unpaired) electrons. The largest absolute Gasteiger partial charge is 0.302 e. The first-order valence-electron chi connectivity index (χ1n) is 6.94. The van der Waals surface area contributed by atoms with Crippen molar-refractivity contribution in [1.82, 2.24) is 4.90 Å². The van der Waals surface area contributed by atoms with Crippen molar-refractivity contribution < 1.29 is 0 Å². The Kier molecular flexibility index (Phi) is 6.35. The van der Waals surface area contributed by atoms with Crippen molar-refractivity contribution in [2.75, 3.05) is 25.0 Å². The molecule has 1 nitrogen and oxygen atoms in total. The summed E-state index contributed by atoms with van der Waals surface area (Å²) in [7, 11) is 0. The Bertz CT molecular complexity index is 187. The van der Waals surface area contributed by atoms with E-state index < -0.39 is 0 Å². The van der Waals surface area contributed by atoms with Crippen molar-refractivity contribution >= 4 is 15.9 Å². The fourth-order valence-corrected chi connectivity index (χ4v) is 3.90. The molecule has 1 heterocycles. The Hall–Kier alpha value is 0.440. The van der Waals surface area contributed by atoms with Crippen molar-refractivity contribution in [2.24, 2.45) is 11.3 Å². The fraction of sp³-hybridized carbons (Fsp3) is 1.00. The van der Waals surface area contributed by atoms with Gasteiger partial charge in [0.05, 0.1) is 0 Å². The molecular weight excluding hydrogens is 262 g/mol. The Morgan fingerprint density at radius 2 is 1.88 bits per heavy atom. The number of halogens is 1. The summed E-state index contributed by atoms with van der Waals surface area (Å²) in [6.45, 7) is 11.0. The van der Waals surface area contributed by atoms with E-state index in [1.807, 2.05) is 0 Å². The third-order valence-corrected chi connectivity index (χ3v) is 5.10. The lowest BCUT2D eigenvalue weighted by atomic mass is 9.81. The number of hydrogen-bond acceptors (Lipinski definition) is 1. The number of rotatable bonds is 7. The van der Waals surface area contributed by atoms with E-state index in [1.165, 1.54) is 57.1 Å². The van der Waals surface area contributed by atoms with Crippen LogP contribution in [0.25, 0.3) is 0 Å². The molecule has 2 heteroatoms. The van der Waals surface area contributed by atoms with Gasteiger partial charge in [-0.05, 0) is 37.1 Å². The Morgan fingerprint density at radius 1 is 1.25 bits per heavy atom. The van der Waals surface area contributed by atoms with E-state index in [1.54, 1.807) is 0 Å². The van der Waals surface area contributed by atoms with Crippen LogP contribution in [0.15, 0.2) is 0 Å². The summed E-state index contributed by atoms with van der Waals surface area (Å²) in [6.07, 6.45) is 6.77. The molecule has 0 aromatic carbocycles. The maximum absolute atomic E-state index is 3.77. The van der Waals surface area contributed by atoms with E-state index in [2.05, 4.69) is 41.6 Å². The second-order valence-electron chi connectivity index (χ2n) is 5.76. The summed E-state index contributed by atoms with van der Waals surface area (Å²) in [6, 6.07) is 0. The van der Waals surface area contributed by atoms with Gasteiger partial charge in [-0.3, -0.25) is 0 Å². The van der Waals surface area contributed by atoms with E-state index in [9.17, 15) is 0 Å². The van der Waals surface area contributed by atoms with Crippen molar-refractivity contribution in [2.45, 2.75) is 52.9 Å². The van der Waals surface area contributed by atoms with Gasteiger partial charge in [-0.2, -0.15) is 0 Å². The molecule has 1 rings (SSSR count). The zero-order valence-electron chi connectivity index (χ0n) is 11.3. The van der Waals surface area contributed by atoms with Crippen molar-refractivity contribution in [3.63, 3.8) is 0 Å². The van der Waals surface area contributed by atoms with Gasteiger partial charge in [0.25, 0.3) is 0 Å². The Morgan fingerprint density at radius 3 is 2.25 bits per heavy atom. The van der Waals surface area contributed by atoms with Crippen LogP contribution in [0, 0.1) is 11.3 Å². The van der Waals surface area contributed by atoms with Crippen molar-refractivity contribution in [1.29, 1.82) is 0 Å². The van der Waals surface area contributed by atoms with Crippen LogP contribution in [-0.2, 0) is 0 Å². The van der Waals surface area contributed by atoms with E-state index in [0.717, 1.165) is 5.92 Å². The minimum Gasteiger partial charge on any atom is -0.302 e. The molecule has 1 atom stereocenters. The summed E-state index contributed by atoms with van der Waals surface area (Å²) in [5.41, 5.74) is 0.535. The molecule has 0 spiro atoms.